The summed E-state index contributed by atoms with van der Waals surface area (Å²) >= 11 is 3.62. The van der Waals surface area contributed by atoms with Crippen LogP contribution in [0.5, 0.6) is 23.0 Å². The van der Waals surface area contributed by atoms with Crippen molar-refractivity contribution in [2.24, 2.45) is 5.10 Å². The topological polar surface area (TPSA) is 78.4 Å². The summed E-state index contributed by atoms with van der Waals surface area (Å²) in [5, 5.41) is 3.98. The molecule has 0 radical (unpaired) electrons. The third-order valence-electron chi connectivity index (χ3n) is 4.88. The largest absolute Gasteiger partial charge is 0.493 e. The van der Waals surface area contributed by atoms with Crippen molar-refractivity contribution in [2.75, 3.05) is 27.9 Å². The Morgan fingerprint density at radius 3 is 2.43 bits per heavy atom. The van der Waals surface area contributed by atoms with E-state index in [1.165, 1.54) is 51.5 Å². The number of hydrogen-bond donors (Lipinski definition) is 1. The number of hydrazone groups is 1. The maximum atomic E-state index is 12.1. The monoisotopic (exact) mass is 476 g/mol. The Balaban J connectivity index is 1.59. The molecule has 0 aromatic heterocycles. The summed E-state index contributed by atoms with van der Waals surface area (Å²) < 4.78 is 22.5. The summed E-state index contributed by atoms with van der Waals surface area (Å²) in [5.41, 5.74) is 5.77. The highest BCUT2D eigenvalue weighted by atomic mass is 79.9. The van der Waals surface area contributed by atoms with Gasteiger partial charge >= 0.3 is 0 Å². The van der Waals surface area contributed by atoms with Crippen molar-refractivity contribution in [3.8, 4) is 23.0 Å². The Morgan fingerprint density at radius 2 is 1.77 bits per heavy atom. The van der Waals surface area contributed by atoms with Crippen LogP contribution in [0.25, 0.3) is 0 Å². The van der Waals surface area contributed by atoms with Crippen LogP contribution < -0.4 is 24.4 Å². The van der Waals surface area contributed by atoms with Crippen molar-refractivity contribution in [1.82, 2.24) is 5.43 Å². The third kappa shape index (κ3) is 5.05. The van der Waals surface area contributed by atoms with E-state index < -0.39 is 0 Å². The molecule has 1 amide bonds. The van der Waals surface area contributed by atoms with Crippen LogP contribution in [-0.2, 0) is 17.6 Å². The lowest BCUT2D eigenvalue weighted by atomic mass is 9.92. The van der Waals surface area contributed by atoms with Crippen molar-refractivity contribution < 1.29 is 23.7 Å². The predicted octanol–water partition coefficient (Wildman–Crippen LogP) is 3.88. The second-order valence-corrected chi connectivity index (χ2v) is 7.56. The molecule has 0 bridgehead atoms. The zero-order chi connectivity index (χ0) is 21.5. The Morgan fingerprint density at radius 1 is 1.07 bits per heavy atom. The average molecular weight is 477 g/mol. The second-order valence-electron chi connectivity index (χ2n) is 6.76. The number of aryl methyl sites for hydroxylation is 1. The fraction of sp³-hybridized carbons (Fsp3) is 0.364. The van der Waals surface area contributed by atoms with Crippen LogP contribution in [0.2, 0.25) is 0 Å². The Bertz CT molecular complexity index is 920. The van der Waals surface area contributed by atoms with E-state index in [4.69, 9.17) is 18.9 Å². The van der Waals surface area contributed by atoms with Crippen molar-refractivity contribution in [3.63, 3.8) is 0 Å². The molecule has 0 spiro atoms. The zero-order valence-corrected chi connectivity index (χ0v) is 18.9. The number of carbonyl (C=O) groups is 1. The van der Waals surface area contributed by atoms with Gasteiger partial charge in [0.15, 0.2) is 18.1 Å². The summed E-state index contributed by atoms with van der Waals surface area (Å²) in [5.74, 6) is 1.81. The van der Waals surface area contributed by atoms with Crippen molar-refractivity contribution in [3.05, 3.63) is 45.4 Å². The molecule has 0 heterocycles. The first-order chi connectivity index (χ1) is 14.6. The second kappa shape index (κ2) is 10.3. The number of ether oxygens (including phenoxy) is 4. The SMILES string of the molecule is COc1cc(/C=N\NC(=O)COc2ccc3c(c2Br)CCCC3)cc(OC)c1OC. The van der Waals surface area contributed by atoms with Gasteiger partial charge in [0.1, 0.15) is 5.75 Å². The lowest BCUT2D eigenvalue weighted by Gasteiger charge is -2.19. The van der Waals surface area contributed by atoms with Gasteiger partial charge in [0.2, 0.25) is 5.75 Å². The first-order valence-electron chi connectivity index (χ1n) is 9.62. The molecular weight excluding hydrogens is 452 g/mol. The van der Waals surface area contributed by atoms with Gasteiger partial charge in [0.25, 0.3) is 5.91 Å². The molecule has 0 saturated carbocycles. The molecule has 8 heteroatoms. The number of nitrogens with one attached hydrogen (secondary N) is 1. The van der Waals surface area contributed by atoms with Gasteiger partial charge in [0, 0.05) is 5.56 Å². The molecule has 2 aromatic carbocycles. The number of amides is 1. The summed E-state index contributed by atoms with van der Waals surface area (Å²) in [6.07, 6.45) is 6.00. The lowest BCUT2D eigenvalue weighted by molar-refractivity contribution is -0.123. The molecule has 3 rings (SSSR count). The smallest absolute Gasteiger partial charge is 0.277 e. The van der Waals surface area contributed by atoms with Gasteiger partial charge in [-0.15, -0.1) is 0 Å². The third-order valence-corrected chi connectivity index (χ3v) is 5.75. The van der Waals surface area contributed by atoms with Crippen LogP contribution >= 0.6 is 15.9 Å². The van der Waals surface area contributed by atoms with E-state index in [2.05, 4.69) is 32.5 Å². The minimum Gasteiger partial charge on any atom is -0.493 e. The molecular formula is C22H25BrN2O5. The molecule has 0 unspecified atom stereocenters. The van der Waals surface area contributed by atoms with E-state index >= 15 is 0 Å². The van der Waals surface area contributed by atoms with Crippen molar-refractivity contribution >= 4 is 28.1 Å². The molecule has 2 aromatic rings. The Kier molecular flexibility index (Phi) is 7.57. The molecule has 0 aliphatic heterocycles. The van der Waals surface area contributed by atoms with Gasteiger partial charge in [-0.2, -0.15) is 5.10 Å². The van der Waals surface area contributed by atoms with Gasteiger partial charge in [-0.1, -0.05) is 6.07 Å². The number of methoxy groups -OCH3 is 3. The lowest BCUT2D eigenvalue weighted by Crippen LogP contribution is -2.24. The highest BCUT2D eigenvalue weighted by Gasteiger charge is 2.16. The molecule has 7 nitrogen and oxygen atoms in total. The molecule has 1 aliphatic carbocycles. The maximum Gasteiger partial charge on any atom is 0.277 e. The van der Waals surface area contributed by atoms with Gasteiger partial charge in [-0.25, -0.2) is 5.43 Å². The van der Waals surface area contributed by atoms with E-state index in [1.807, 2.05) is 6.07 Å². The van der Waals surface area contributed by atoms with Crippen LogP contribution in [0.3, 0.4) is 0 Å². The standard InChI is InChI=1S/C22H25BrN2O5/c1-27-18-10-14(11-19(28-2)22(18)29-3)12-24-25-20(26)13-30-17-9-8-15-6-4-5-7-16(15)21(17)23/h8-12H,4-7,13H2,1-3H3,(H,25,26)/b24-12-. The number of nitrogens with zero attached hydrogens (tertiary/aromatic N) is 1. The first-order valence-corrected chi connectivity index (χ1v) is 10.4. The molecule has 30 heavy (non-hydrogen) atoms. The summed E-state index contributed by atoms with van der Waals surface area (Å²) in [6, 6.07) is 7.45. The van der Waals surface area contributed by atoms with Crippen molar-refractivity contribution in [2.45, 2.75) is 25.7 Å². The normalized spacial score (nSPS) is 12.9. The molecule has 0 fully saturated rings. The van der Waals surface area contributed by atoms with Crippen LogP contribution in [0, 0.1) is 0 Å². The summed E-state index contributed by atoms with van der Waals surface area (Å²) in [4.78, 5) is 12.1. The maximum absolute atomic E-state index is 12.1. The minimum atomic E-state index is -0.358. The molecule has 1 N–H and O–H groups in total. The van der Waals surface area contributed by atoms with Gasteiger partial charge in [-0.3, -0.25) is 4.79 Å². The van der Waals surface area contributed by atoms with Crippen molar-refractivity contribution in [1.29, 1.82) is 0 Å². The summed E-state index contributed by atoms with van der Waals surface area (Å²) in [7, 11) is 4.61. The van der Waals surface area contributed by atoms with E-state index in [9.17, 15) is 4.79 Å². The van der Waals surface area contributed by atoms with E-state index in [0.717, 1.165) is 17.3 Å². The Hall–Kier alpha value is -2.74. The Labute approximate surface area is 184 Å². The first kappa shape index (κ1) is 22.0. The molecule has 0 atom stereocenters. The fourth-order valence-corrected chi connectivity index (χ4v) is 4.10. The van der Waals surface area contributed by atoms with E-state index in [-0.39, 0.29) is 12.5 Å². The average Bonchev–Trinajstić information content (AvgIpc) is 2.78. The molecule has 160 valence electrons. The highest BCUT2D eigenvalue weighted by Crippen LogP contribution is 2.38. The fourth-order valence-electron chi connectivity index (χ4n) is 3.40. The predicted molar refractivity (Wildman–Crippen MR) is 118 cm³/mol. The number of hydrogen-bond acceptors (Lipinski definition) is 6. The molecule has 0 saturated heterocycles. The van der Waals surface area contributed by atoms with E-state index in [1.54, 1.807) is 12.1 Å². The number of fused-ring (bicyclic) bond motifs is 1. The van der Waals surface area contributed by atoms with Crippen LogP contribution in [-0.4, -0.2) is 40.1 Å². The van der Waals surface area contributed by atoms with Gasteiger partial charge in [0.05, 0.1) is 32.0 Å². The van der Waals surface area contributed by atoms with Crippen LogP contribution in [0.1, 0.15) is 29.5 Å². The number of benzene rings is 2. The van der Waals surface area contributed by atoms with Gasteiger partial charge in [-0.05, 0) is 70.9 Å². The zero-order valence-electron chi connectivity index (χ0n) is 17.3. The van der Waals surface area contributed by atoms with Crippen LogP contribution in [0.4, 0.5) is 0 Å². The number of rotatable bonds is 8. The quantitative estimate of drug-likeness (QED) is 0.461. The van der Waals surface area contributed by atoms with Crippen LogP contribution in [0.15, 0.2) is 33.8 Å². The summed E-state index contributed by atoms with van der Waals surface area (Å²) in [6.45, 7) is -0.135. The highest BCUT2D eigenvalue weighted by molar-refractivity contribution is 9.10. The number of halogens is 1. The molecule has 1 aliphatic rings. The van der Waals surface area contributed by atoms with Gasteiger partial charge < -0.3 is 18.9 Å². The number of carbonyl (C=O) groups excluding carboxylic acids is 1. The minimum absolute atomic E-state index is 0.135. The van der Waals surface area contributed by atoms with E-state index in [0.29, 0.717) is 28.6 Å².